The van der Waals surface area contributed by atoms with Crippen LogP contribution in [0.2, 0.25) is 0 Å². The topological polar surface area (TPSA) is 89.1 Å². The van der Waals surface area contributed by atoms with Crippen molar-refractivity contribution in [2.45, 2.75) is 11.9 Å². The molecular formula is C25H27N5O4S. The van der Waals surface area contributed by atoms with Gasteiger partial charge in [-0.3, -0.25) is 4.79 Å². The van der Waals surface area contributed by atoms with Crippen molar-refractivity contribution in [3.8, 4) is 17.2 Å². The molecular weight excluding hydrogens is 466 g/mol. The number of anilines is 3. The number of piperazine rings is 1. The first-order valence-electron chi connectivity index (χ1n) is 11.6. The van der Waals surface area contributed by atoms with E-state index in [1.54, 1.807) is 18.2 Å². The van der Waals surface area contributed by atoms with Crippen LogP contribution in [0.25, 0.3) is 0 Å². The van der Waals surface area contributed by atoms with Gasteiger partial charge in [-0.1, -0.05) is 23.9 Å². The van der Waals surface area contributed by atoms with Crippen molar-refractivity contribution in [2.75, 3.05) is 60.4 Å². The second-order valence-corrected chi connectivity index (χ2v) is 9.01. The van der Waals surface area contributed by atoms with Crippen LogP contribution in [0, 0.1) is 0 Å². The second kappa shape index (κ2) is 10.7. The van der Waals surface area contributed by atoms with E-state index >= 15 is 0 Å². The largest absolute Gasteiger partial charge is 0.492 e. The number of carbonyl (C=O) groups excluding carboxylic acids is 1. The van der Waals surface area contributed by atoms with E-state index in [0.717, 1.165) is 43.4 Å². The molecule has 5 rings (SSSR count). The van der Waals surface area contributed by atoms with Crippen molar-refractivity contribution >= 4 is 34.9 Å². The zero-order valence-corrected chi connectivity index (χ0v) is 20.3. The Morgan fingerprint density at radius 3 is 2.60 bits per heavy atom. The molecule has 0 radical (unpaired) electrons. The Morgan fingerprint density at radius 2 is 1.80 bits per heavy atom. The summed E-state index contributed by atoms with van der Waals surface area (Å²) in [5.41, 5.74) is 1.80. The van der Waals surface area contributed by atoms with E-state index in [1.165, 1.54) is 11.8 Å². The van der Waals surface area contributed by atoms with Crippen LogP contribution >= 0.6 is 11.8 Å². The van der Waals surface area contributed by atoms with Crippen molar-refractivity contribution in [3.63, 3.8) is 0 Å². The molecule has 0 saturated carbocycles. The highest BCUT2D eigenvalue weighted by molar-refractivity contribution is 7.99. The third-order valence-corrected chi connectivity index (χ3v) is 6.66. The zero-order valence-electron chi connectivity index (χ0n) is 19.5. The molecule has 0 aliphatic carbocycles. The molecule has 0 unspecified atom stereocenters. The molecule has 35 heavy (non-hydrogen) atoms. The minimum Gasteiger partial charge on any atom is -0.492 e. The summed E-state index contributed by atoms with van der Waals surface area (Å²) in [5, 5.41) is 12.3. The highest BCUT2D eigenvalue weighted by Crippen LogP contribution is 2.34. The minimum absolute atomic E-state index is 0.122. The summed E-state index contributed by atoms with van der Waals surface area (Å²) in [4.78, 5) is 16.9. The summed E-state index contributed by atoms with van der Waals surface area (Å²) >= 11 is 1.35. The molecule has 182 valence electrons. The average Bonchev–Trinajstić information content (AvgIpc) is 3.37. The maximum Gasteiger partial charge on any atom is 0.234 e. The van der Waals surface area contributed by atoms with E-state index in [1.807, 2.05) is 37.3 Å². The Labute approximate surface area is 208 Å². The Balaban J connectivity index is 1.10. The van der Waals surface area contributed by atoms with Crippen LogP contribution in [0.3, 0.4) is 0 Å². The fourth-order valence-corrected chi connectivity index (χ4v) is 4.66. The van der Waals surface area contributed by atoms with E-state index in [2.05, 4.69) is 31.4 Å². The average molecular weight is 494 g/mol. The monoisotopic (exact) mass is 493 g/mol. The summed E-state index contributed by atoms with van der Waals surface area (Å²) in [6.07, 6.45) is 0. The van der Waals surface area contributed by atoms with E-state index in [9.17, 15) is 4.79 Å². The Bertz CT molecular complexity index is 1170. The van der Waals surface area contributed by atoms with E-state index in [-0.39, 0.29) is 18.5 Å². The number of carbonyl (C=O) groups is 1. The lowest BCUT2D eigenvalue weighted by Crippen LogP contribution is -2.47. The summed E-state index contributed by atoms with van der Waals surface area (Å²) in [6.45, 7) is 6.30. The van der Waals surface area contributed by atoms with Gasteiger partial charge < -0.3 is 29.3 Å². The number of hydrogen-bond donors (Lipinski definition) is 1. The summed E-state index contributed by atoms with van der Waals surface area (Å²) < 4.78 is 16.4. The third kappa shape index (κ3) is 5.54. The maximum atomic E-state index is 12.3. The first-order chi connectivity index (χ1) is 17.2. The van der Waals surface area contributed by atoms with Crippen LogP contribution in [0.1, 0.15) is 6.92 Å². The molecule has 3 aromatic rings. The van der Waals surface area contributed by atoms with Gasteiger partial charge in [0.15, 0.2) is 17.3 Å². The van der Waals surface area contributed by atoms with Gasteiger partial charge in [-0.2, -0.15) is 0 Å². The van der Waals surface area contributed by atoms with Gasteiger partial charge in [0.1, 0.15) is 10.8 Å². The highest BCUT2D eigenvalue weighted by atomic mass is 32.2. The lowest BCUT2D eigenvalue weighted by molar-refractivity contribution is -0.113. The number of rotatable bonds is 8. The fraction of sp³-hybridized carbons (Fsp3) is 0.320. The lowest BCUT2D eigenvalue weighted by Gasteiger charge is -2.37. The first-order valence-corrected chi connectivity index (χ1v) is 12.6. The van der Waals surface area contributed by atoms with Gasteiger partial charge in [0.2, 0.25) is 12.7 Å². The number of para-hydroxylation sites is 2. The smallest absolute Gasteiger partial charge is 0.234 e. The fourth-order valence-electron chi connectivity index (χ4n) is 4.04. The molecule has 10 heteroatoms. The number of thioether (sulfide) groups is 1. The number of amides is 1. The van der Waals surface area contributed by atoms with E-state index < -0.39 is 0 Å². The molecule has 2 aliphatic heterocycles. The number of fused-ring (bicyclic) bond motifs is 1. The Hall–Kier alpha value is -3.66. The van der Waals surface area contributed by atoms with Crippen molar-refractivity contribution < 1.29 is 19.0 Å². The Morgan fingerprint density at radius 1 is 1.00 bits per heavy atom. The predicted octanol–water partition coefficient (Wildman–Crippen LogP) is 3.66. The van der Waals surface area contributed by atoms with Crippen LogP contribution < -0.4 is 29.3 Å². The Kier molecular flexibility index (Phi) is 7.08. The molecule has 1 N–H and O–H groups in total. The molecule has 1 fully saturated rings. The van der Waals surface area contributed by atoms with Crippen molar-refractivity contribution in [1.82, 2.24) is 10.2 Å². The molecule has 2 aliphatic rings. The first kappa shape index (κ1) is 23.1. The zero-order chi connectivity index (χ0) is 24.0. The minimum atomic E-state index is -0.122. The van der Waals surface area contributed by atoms with Crippen LogP contribution in [-0.4, -0.2) is 61.4 Å². The van der Waals surface area contributed by atoms with Gasteiger partial charge in [0.05, 0.1) is 18.0 Å². The standard InChI is InChI=1S/C25H27N5O4S/c1-2-32-20-6-4-3-5-19(20)29-11-13-30(14-12-29)23-9-10-25(28-27-23)35-16-24(31)26-18-7-8-21-22(15-18)34-17-33-21/h3-10,15H,2,11-14,16-17H2,1H3,(H,26,31). The van der Waals surface area contributed by atoms with Crippen LogP contribution in [-0.2, 0) is 4.79 Å². The van der Waals surface area contributed by atoms with Crippen LogP contribution in [0.5, 0.6) is 17.2 Å². The number of nitrogens with zero attached hydrogens (tertiary/aromatic N) is 4. The molecule has 0 atom stereocenters. The quantitative estimate of drug-likeness (QED) is 0.472. The van der Waals surface area contributed by atoms with Gasteiger partial charge in [-0.15, -0.1) is 10.2 Å². The summed E-state index contributed by atoms with van der Waals surface area (Å²) in [7, 11) is 0. The number of hydrogen-bond acceptors (Lipinski definition) is 9. The molecule has 0 bridgehead atoms. The van der Waals surface area contributed by atoms with E-state index in [4.69, 9.17) is 14.2 Å². The lowest BCUT2D eigenvalue weighted by atomic mass is 10.2. The van der Waals surface area contributed by atoms with Crippen LogP contribution in [0.15, 0.2) is 59.6 Å². The van der Waals surface area contributed by atoms with Gasteiger partial charge in [0, 0.05) is 37.9 Å². The number of nitrogens with one attached hydrogen (secondary N) is 1. The summed E-state index contributed by atoms with van der Waals surface area (Å²) in [6, 6.07) is 17.4. The molecule has 1 saturated heterocycles. The SMILES string of the molecule is CCOc1ccccc1N1CCN(c2ccc(SCC(=O)Nc3ccc4c(c3)OCO4)nn2)CC1. The molecule has 9 nitrogen and oxygen atoms in total. The number of aromatic nitrogens is 2. The van der Waals surface area contributed by atoms with Crippen LogP contribution in [0.4, 0.5) is 17.2 Å². The third-order valence-electron chi connectivity index (χ3n) is 5.74. The van der Waals surface area contributed by atoms with Crippen molar-refractivity contribution in [3.05, 3.63) is 54.6 Å². The highest BCUT2D eigenvalue weighted by Gasteiger charge is 2.21. The molecule has 0 spiro atoms. The van der Waals surface area contributed by atoms with E-state index in [0.29, 0.717) is 28.8 Å². The van der Waals surface area contributed by atoms with Gasteiger partial charge in [-0.25, -0.2) is 0 Å². The molecule has 2 aromatic carbocycles. The summed E-state index contributed by atoms with van der Waals surface area (Å²) in [5.74, 6) is 3.20. The second-order valence-electron chi connectivity index (χ2n) is 8.01. The maximum absolute atomic E-state index is 12.3. The predicted molar refractivity (Wildman–Crippen MR) is 136 cm³/mol. The van der Waals surface area contributed by atoms with Gasteiger partial charge >= 0.3 is 0 Å². The molecule has 3 heterocycles. The molecule has 1 amide bonds. The number of benzene rings is 2. The number of ether oxygens (including phenoxy) is 3. The van der Waals surface area contributed by atoms with Gasteiger partial charge in [0.25, 0.3) is 0 Å². The van der Waals surface area contributed by atoms with Crippen molar-refractivity contribution in [2.24, 2.45) is 0 Å². The normalized spacial score (nSPS) is 14.7. The van der Waals surface area contributed by atoms with Crippen molar-refractivity contribution in [1.29, 1.82) is 0 Å². The van der Waals surface area contributed by atoms with Gasteiger partial charge in [-0.05, 0) is 43.3 Å². The molecule has 1 aromatic heterocycles.